The van der Waals surface area contributed by atoms with E-state index < -0.39 is 121 Å². The highest BCUT2D eigenvalue weighted by atomic mass is 35.5. The van der Waals surface area contributed by atoms with Gasteiger partial charge < -0.3 is 14.5 Å². The van der Waals surface area contributed by atoms with Gasteiger partial charge in [-0.1, -0.05) is 123 Å². The van der Waals surface area contributed by atoms with E-state index >= 15 is 9.59 Å². The van der Waals surface area contributed by atoms with Crippen LogP contribution in [-0.2, 0) is 44.0 Å². The Hall–Kier alpha value is -4.06. The summed E-state index contributed by atoms with van der Waals surface area (Å²) in [7, 11) is -5.93. The molecule has 406 valence electrons. The minimum atomic E-state index is -3.73. The van der Waals surface area contributed by atoms with Gasteiger partial charge in [0.1, 0.15) is 0 Å². The van der Waals surface area contributed by atoms with Crippen LogP contribution in [0.1, 0.15) is 146 Å². The topological polar surface area (TPSA) is 168 Å². The summed E-state index contributed by atoms with van der Waals surface area (Å²) >= 11 is 26.1. The average molecular weight is 1150 g/mol. The molecule has 2 amide bonds. The summed E-state index contributed by atoms with van der Waals surface area (Å²) in [6, 6.07) is 24.6. The number of hydrogen-bond acceptors (Lipinski definition) is 9. The molecule has 1 saturated carbocycles. The molecule has 0 radical (unpaired) electrons. The first-order valence-electron chi connectivity index (χ1n) is 25.7. The van der Waals surface area contributed by atoms with Crippen molar-refractivity contribution < 1.29 is 40.8 Å². The molecule has 3 aliphatic rings. The Morgan fingerprint density at radius 3 is 1.44 bits per heavy atom. The molecule has 1 aliphatic carbocycles. The fourth-order valence-corrected chi connectivity index (χ4v) is 15.1. The zero-order valence-corrected chi connectivity index (χ0v) is 48.3. The van der Waals surface area contributed by atoms with Gasteiger partial charge in [-0.2, -0.15) is 0 Å². The van der Waals surface area contributed by atoms with Crippen molar-refractivity contribution in [2.75, 3.05) is 12.8 Å². The lowest BCUT2D eigenvalue weighted by atomic mass is 9.66. The van der Waals surface area contributed by atoms with E-state index in [-0.39, 0.29) is 18.6 Å². The van der Waals surface area contributed by atoms with Crippen molar-refractivity contribution in [3.63, 3.8) is 0 Å². The molecule has 0 aromatic heterocycles. The molecular formula is C56H68Cl4N4O9S2. The maximum atomic E-state index is 15.6. The molecule has 2 heterocycles. The first kappa shape index (κ1) is 58.6. The summed E-state index contributed by atoms with van der Waals surface area (Å²) in [4.78, 5) is 63.6. The summed E-state index contributed by atoms with van der Waals surface area (Å²) in [5.74, 6) is -4.01. The zero-order chi connectivity index (χ0) is 54.9. The normalized spacial score (nSPS) is 25.2. The predicted molar refractivity (Wildman–Crippen MR) is 296 cm³/mol. The number of piperidine rings is 2. The second kappa shape index (κ2) is 23.5. The van der Waals surface area contributed by atoms with E-state index in [2.05, 4.69) is 4.72 Å². The molecular weight excluding hydrogens is 1080 g/mol. The first-order valence-corrected chi connectivity index (χ1v) is 30.3. The van der Waals surface area contributed by atoms with Crippen molar-refractivity contribution in [3.8, 4) is 0 Å². The van der Waals surface area contributed by atoms with Gasteiger partial charge in [0.15, 0.2) is 0 Å². The third kappa shape index (κ3) is 12.8. The van der Waals surface area contributed by atoms with Crippen LogP contribution in [0.25, 0.3) is 0 Å². The average Bonchev–Trinajstić information content (AvgIpc) is 4.23. The third-order valence-electron chi connectivity index (χ3n) is 15.9. The summed E-state index contributed by atoms with van der Waals surface area (Å²) in [5, 5.41) is 1.35. The van der Waals surface area contributed by atoms with E-state index in [1.807, 2.05) is 74.5 Å². The van der Waals surface area contributed by atoms with Crippen molar-refractivity contribution in [2.24, 2.45) is 10.8 Å². The number of amides is 2. The predicted octanol–water partition coefficient (Wildman–Crippen LogP) is 11.7. The fourth-order valence-electron chi connectivity index (χ4n) is 11.7. The number of esters is 2. The Kier molecular flexibility index (Phi) is 18.4. The van der Waals surface area contributed by atoms with Gasteiger partial charge >= 0.3 is 11.9 Å². The molecule has 75 heavy (non-hydrogen) atoms. The van der Waals surface area contributed by atoms with Gasteiger partial charge in [0.25, 0.3) is 0 Å². The standard InChI is InChI=1S/C56H68Cl4N4O9S2/c1-9-47(34(4)61-75(71,72)44-26-27-44)63-51(36-18-22-40(57)23-19-36)45(38-14-12-16-42(59)28-38)30-55(6,53(63)67)32-49(65)73-50(66)33-56(7)31-46(39-15-13-17-43(60)29-39)52(37-20-24-41(58)25-21-37)64(54(56)68)48(10-2)35(5)62(8)74(69,70)11-3/h12-25,28-29,34-35,44-48,51-52,61H,9-11,26-27,30-33H2,1-8H3. The largest absolute Gasteiger partial charge is 0.393 e. The Morgan fingerprint density at radius 2 is 1.07 bits per heavy atom. The van der Waals surface area contributed by atoms with E-state index in [0.717, 1.165) is 22.3 Å². The van der Waals surface area contributed by atoms with Crippen LogP contribution in [0.5, 0.6) is 0 Å². The van der Waals surface area contributed by atoms with Crippen LogP contribution in [-0.4, -0.2) is 96.9 Å². The number of likely N-dealkylation sites (tertiary alicyclic amines) is 2. The molecule has 4 aromatic rings. The Balaban J connectivity index is 1.25. The molecule has 2 saturated heterocycles. The fraction of sp³-hybridized carbons (Fsp3) is 0.500. The van der Waals surface area contributed by atoms with Gasteiger partial charge in [-0.05, 0) is 130 Å². The van der Waals surface area contributed by atoms with Crippen LogP contribution in [0, 0.1) is 10.8 Å². The highest BCUT2D eigenvalue weighted by Gasteiger charge is 2.56. The van der Waals surface area contributed by atoms with E-state index in [4.69, 9.17) is 51.1 Å². The van der Waals surface area contributed by atoms with Crippen molar-refractivity contribution in [2.45, 2.75) is 153 Å². The number of halogens is 4. The number of ether oxygens (including phenoxy) is 1. The molecule has 7 rings (SSSR count). The van der Waals surface area contributed by atoms with Crippen molar-refractivity contribution >= 4 is 90.2 Å². The Bertz CT molecular complexity index is 2980. The number of carbonyl (C=O) groups is 4. The summed E-state index contributed by atoms with van der Waals surface area (Å²) in [5.41, 5.74) is 0.00157. The lowest BCUT2D eigenvalue weighted by molar-refractivity contribution is -0.172. The SMILES string of the molecule is CCC(C(C)NS(=O)(=O)C1CC1)N1C(=O)C(C)(CC(=O)OC(=O)CC2(C)CC(c3cccc(Cl)c3)C(c3ccc(Cl)cc3)N(C(CC)C(C)N(C)S(=O)(=O)CC)C2=O)CC(c2cccc(Cl)c2)C1c1ccc(Cl)cc1. The van der Waals surface area contributed by atoms with E-state index in [9.17, 15) is 26.4 Å². The number of rotatable bonds is 20. The molecule has 0 bridgehead atoms. The van der Waals surface area contributed by atoms with Gasteiger partial charge in [-0.15, -0.1) is 0 Å². The molecule has 19 heteroatoms. The molecule has 13 nitrogen and oxygen atoms in total. The van der Waals surface area contributed by atoms with Crippen molar-refractivity contribution in [1.29, 1.82) is 0 Å². The van der Waals surface area contributed by atoms with Crippen LogP contribution < -0.4 is 4.72 Å². The molecule has 10 unspecified atom stereocenters. The van der Waals surface area contributed by atoms with Crippen LogP contribution in [0.3, 0.4) is 0 Å². The lowest BCUT2D eigenvalue weighted by Crippen LogP contribution is -2.61. The highest BCUT2D eigenvalue weighted by molar-refractivity contribution is 7.90. The number of nitrogens with one attached hydrogen (secondary N) is 1. The van der Waals surface area contributed by atoms with Crippen LogP contribution in [0.2, 0.25) is 20.1 Å². The van der Waals surface area contributed by atoms with Crippen LogP contribution >= 0.6 is 46.4 Å². The van der Waals surface area contributed by atoms with Crippen LogP contribution in [0.15, 0.2) is 97.1 Å². The summed E-state index contributed by atoms with van der Waals surface area (Å²) < 4.78 is 63.6. The Labute approximate surface area is 463 Å². The minimum absolute atomic E-state index is 0.104. The quantitative estimate of drug-likeness (QED) is 0.0669. The van der Waals surface area contributed by atoms with Crippen molar-refractivity contribution in [1.82, 2.24) is 18.8 Å². The van der Waals surface area contributed by atoms with Gasteiger partial charge in [-0.25, -0.2) is 25.9 Å². The van der Waals surface area contributed by atoms with E-state index in [1.165, 1.54) is 11.4 Å². The Morgan fingerprint density at radius 1 is 0.653 bits per heavy atom. The lowest BCUT2D eigenvalue weighted by Gasteiger charge is -2.53. The summed E-state index contributed by atoms with van der Waals surface area (Å²) in [6.07, 6.45) is 0.905. The van der Waals surface area contributed by atoms with Crippen LogP contribution in [0.4, 0.5) is 0 Å². The van der Waals surface area contributed by atoms with E-state index in [1.54, 1.807) is 80.8 Å². The second-order valence-corrected chi connectivity index (χ2v) is 27.3. The highest BCUT2D eigenvalue weighted by Crippen LogP contribution is 2.55. The first-order chi connectivity index (χ1) is 35.3. The van der Waals surface area contributed by atoms with Gasteiger partial charge in [0.05, 0.1) is 46.8 Å². The zero-order valence-electron chi connectivity index (χ0n) is 43.6. The third-order valence-corrected chi connectivity index (χ3v) is 20.8. The monoisotopic (exact) mass is 1140 g/mol. The maximum Gasteiger partial charge on any atom is 0.314 e. The smallest absolute Gasteiger partial charge is 0.314 e. The molecule has 3 fully saturated rings. The van der Waals surface area contributed by atoms with E-state index in [0.29, 0.717) is 45.8 Å². The number of likely N-dealkylation sites (N-methyl/N-ethyl adjacent to an activating group) is 1. The molecule has 4 aromatic carbocycles. The maximum absolute atomic E-state index is 15.6. The number of hydrogen-bond donors (Lipinski definition) is 1. The molecule has 2 aliphatic heterocycles. The second-order valence-electron chi connectivity index (χ2n) is 21.2. The number of benzene rings is 4. The van der Waals surface area contributed by atoms with Gasteiger partial charge in [0, 0.05) is 63.1 Å². The molecule has 0 spiro atoms. The number of sulfonamides is 2. The minimum Gasteiger partial charge on any atom is -0.393 e. The summed E-state index contributed by atoms with van der Waals surface area (Å²) in [6.45, 7) is 12.1. The number of nitrogens with zero attached hydrogens (tertiary/aromatic N) is 3. The van der Waals surface area contributed by atoms with Crippen molar-refractivity contribution in [3.05, 3.63) is 139 Å². The molecule has 10 atom stereocenters. The molecule has 1 N–H and O–H groups in total. The number of carbonyl (C=O) groups excluding carboxylic acids is 4. The van der Waals surface area contributed by atoms with Gasteiger partial charge in [-0.3, -0.25) is 19.2 Å². The van der Waals surface area contributed by atoms with Gasteiger partial charge in [0.2, 0.25) is 31.9 Å².